The number of hydrogen-bond donors (Lipinski definition) is 1. The van der Waals surface area contributed by atoms with Gasteiger partial charge in [-0.05, 0) is 67.1 Å². The highest BCUT2D eigenvalue weighted by Gasteiger charge is 2.41. The van der Waals surface area contributed by atoms with Gasteiger partial charge in [0.05, 0.1) is 44.5 Å². The minimum Gasteiger partial charge on any atom is -0.493 e. The van der Waals surface area contributed by atoms with Gasteiger partial charge in [-0.15, -0.1) is 0 Å². The number of hydrogen-bond acceptors (Lipinski definition) is 7. The van der Waals surface area contributed by atoms with E-state index in [1.807, 2.05) is 24.3 Å². The quantitative estimate of drug-likeness (QED) is 0.298. The Morgan fingerprint density at radius 1 is 0.933 bits per heavy atom. The third-order valence-corrected chi connectivity index (χ3v) is 9.60. The number of halogens is 2. The van der Waals surface area contributed by atoms with Crippen LogP contribution in [0.3, 0.4) is 0 Å². The second kappa shape index (κ2) is 14.2. The molecule has 3 aromatic carbocycles. The zero-order chi connectivity index (χ0) is 32.1. The number of benzene rings is 3. The van der Waals surface area contributed by atoms with Crippen molar-refractivity contribution in [2.45, 2.75) is 31.3 Å². The Kier molecular flexibility index (Phi) is 10.3. The van der Waals surface area contributed by atoms with Gasteiger partial charge in [0.1, 0.15) is 5.60 Å². The summed E-state index contributed by atoms with van der Waals surface area (Å²) < 4.78 is 23.1. The van der Waals surface area contributed by atoms with E-state index in [1.54, 1.807) is 23.1 Å². The van der Waals surface area contributed by atoms with E-state index in [2.05, 4.69) is 17.0 Å². The number of rotatable bonds is 10. The van der Waals surface area contributed by atoms with Crippen LogP contribution in [0.1, 0.15) is 40.7 Å². The van der Waals surface area contributed by atoms with Crippen LogP contribution in [-0.4, -0.2) is 70.8 Å². The lowest BCUT2D eigenvalue weighted by atomic mass is 9.85. The zero-order valence-electron chi connectivity index (χ0n) is 25.8. The van der Waals surface area contributed by atoms with E-state index in [1.165, 1.54) is 21.3 Å². The van der Waals surface area contributed by atoms with Gasteiger partial charge in [0.25, 0.3) is 5.91 Å². The maximum Gasteiger partial charge on any atom is 0.254 e. The minimum absolute atomic E-state index is 0.0869. The van der Waals surface area contributed by atoms with E-state index in [-0.39, 0.29) is 17.7 Å². The number of para-hydroxylation sites is 1. The van der Waals surface area contributed by atoms with Gasteiger partial charge >= 0.3 is 0 Å². The number of morpholine rings is 1. The molecule has 240 valence electrons. The molecule has 2 aliphatic rings. The van der Waals surface area contributed by atoms with Crippen LogP contribution in [0, 0.1) is 5.92 Å². The molecule has 5 rings (SSSR count). The van der Waals surface area contributed by atoms with E-state index >= 15 is 0 Å². The molecule has 2 fully saturated rings. The van der Waals surface area contributed by atoms with Gasteiger partial charge in [-0.2, -0.15) is 0 Å². The molecule has 9 nitrogen and oxygen atoms in total. The van der Waals surface area contributed by atoms with Crippen molar-refractivity contribution in [2.75, 3.05) is 59.0 Å². The fourth-order valence-electron chi connectivity index (χ4n) is 6.37. The van der Waals surface area contributed by atoms with E-state index in [9.17, 15) is 9.59 Å². The summed E-state index contributed by atoms with van der Waals surface area (Å²) in [7, 11) is 4.57. The van der Waals surface area contributed by atoms with Crippen LogP contribution >= 0.6 is 23.2 Å². The molecule has 2 aliphatic heterocycles. The molecule has 0 aromatic heterocycles. The Hall–Kier alpha value is -3.66. The van der Waals surface area contributed by atoms with E-state index < -0.39 is 5.60 Å². The fraction of sp³-hybridized carbons (Fsp3) is 0.412. The molecular formula is C34H39Cl2N3O6. The van der Waals surface area contributed by atoms with Crippen LogP contribution in [0.5, 0.6) is 17.2 Å². The summed E-state index contributed by atoms with van der Waals surface area (Å²) in [5.41, 5.74) is 8.28. The number of amides is 2. The van der Waals surface area contributed by atoms with Gasteiger partial charge in [0.2, 0.25) is 11.7 Å². The molecule has 2 saturated heterocycles. The Labute approximate surface area is 274 Å². The summed E-state index contributed by atoms with van der Waals surface area (Å²) in [5, 5.41) is 0.865. The molecule has 0 bridgehead atoms. The number of carbonyl (C=O) groups is 2. The standard InChI is InChI=1S/C34H39Cl2N3O6/c1-42-29-18-24(19-30(43-2)31(29)44-3)33(41)39-16-17-45-34(21-39,25-8-9-26(35)27(36)20-25)13-10-22-6-4-5-7-28(22)38-14-11-23(12-15-38)32(37)40/h4-9,18-20,23H,10-17,21H2,1-3H3,(H2,37,40). The Morgan fingerprint density at radius 2 is 1.62 bits per heavy atom. The molecule has 45 heavy (non-hydrogen) atoms. The average molecular weight is 657 g/mol. The zero-order valence-corrected chi connectivity index (χ0v) is 27.3. The predicted octanol–water partition coefficient (Wildman–Crippen LogP) is 5.72. The van der Waals surface area contributed by atoms with Gasteiger partial charge in [-0.25, -0.2) is 0 Å². The predicted molar refractivity (Wildman–Crippen MR) is 175 cm³/mol. The van der Waals surface area contributed by atoms with Gasteiger partial charge < -0.3 is 34.5 Å². The number of nitrogens with two attached hydrogens (primary N) is 1. The number of aryl methyl sites for hydroxylation is 1. The molecule has 0 radical (unpaired) electrons. The van der Waals surface area contributed by atoms with Crippen LogP contribution in [0.15, 0.2) is 54.6 Å². The third kappa shape index (κ3) is 6.95. The number of primary amides is 1. The topological polar surface area (TPSA) is 104 Å². The van der Waals surface area contributed by atoms with Crippen LogP contribution in [0.2, 0.25) is 10.0 Å². The highest BCUT2D eigenvalue weighted by Crippen LogP contribution is 2.41. The highest BCUT2D eigenvalue weighted by molar-refractivity contribution is 6.42. The number of methoxy groups -OCH3 is 3. The van der Waals surface area contributed by atoms with E-state index in [0.29, 0.717) is 65.4 Å². The van der Waals surface area contributed by atoms with Crippen LogP contribution < -0.4 is 24.8 Å². The Balaban J connectivity index is 1.44. The molecule has 2 heterocycles. The van der Waals surface area contributed by atoms with Crippen molar-refractivity contribution >= 4 is 40.7 Å². The minimum atomic E-state index is -0.852. The van der Waals surface area contributed by atoms with Crippen LogP contribution in [0.4, 0.5) is 5.69 Å². The van der Waals surface area contributed by atoms with E-state index in [0.717, 1.165) is 42.7 Å². The van der Waals surface area contributed by atoms with Gasteiger partial charge in [-0.3, -0.25) is 9.59 Å². The van der Waals surface area contributed by atoms with Gasteiger partial charge in [-0.1, -0.05) is 47.5 Å². The second-order valence-electron chi connectivity index (χ2n) is 11.4. The van der Waals surface area contributed by atoms with Crippen molar-refractivity contribution in [2.24, 2.45) is 11.7 Å². The second-order valence-corrected chi connectivity index (χ2v) is 12.2. The van der Waals surface area contributed by atoms with Gasteiger partial charge in [0, 0.05) is 36.8 Å². The summed E-state index contributed by atoms with van der Waals surface area (Å²) in [6.07, 6.45) is 2.73. The van der Waals surface area contributed by atoms with Crippen molar-refractivity contribution < 1.29 is 28.5 Å². The molecule has 0 saturated carbocycles. The fourth-order valence-corrected chi connectivity index (χ4v) is 6.66. The van der Waals surface area contributed by atoms with Gasteiger partial charge in [0.15, 0.2) is 11.5 Å². The lowest BCUT2D eigenvalue weighted by molar-refractivity contribution is -0.122. The molecule has 0 spiro atoms. The highest BCUT2D eigenvalue weighted by atomic mass is 35.5. The van der Waals surface area contributed by atoms with Crippen molar-refractivity contribution in [3.05, 3.63) is 81.3 Å². The van der Waals surface area contributed by atoms with Crippen molar-refractivity contribution in [1.82, 2.24) is 4.90 Å². The normalized spacial score (nSPS) is 18.9. The number of ether oxygens (including phenoxy) is 4. The maximum atomic E-state index is 14.0. The van der Waals surface area contributed by atoms with Crippen molar-refractivity contribution in [3.63, 3.8) is 0 Å². The molecule has 1 unspecified atom stereocenters. The Bertz CT molecular complexity index is 1520. The first kappa shape index (κ1) is 32.7. The molecular weight excluding hydrogens is 617 g/mol. The number of nitrogens with zero attached hydrogens (tertiary/aromatic N) is 2. The Morgan fingerprint density at radius 3 is 2.24 bits per heavy atom. The first-order valence-corrected chi connectivity index (χ1v) is 15.8. The summed E-state index contributed by atoms with van der Waals surface area (Å²) >= 11 is 12.8. The summed E-state index contributed by atoms with van der Waals surface area (Å²) in [5.74, 6) is 0.727. The third-order valence-electron chi connectivity index (χ3n) is 8.86. The summed E-state index contributed by atoms with van der Waals surface area (Å²) in [6.45, 7) is 2.56. The maximum absolute atomic E-state index is 14.0. The van der Waals surface area contributed by atoms with Crippen LogP contribution in [0.25, 0.3) is 0 Å². The molecule has 2 amide bonds. The lowest BCUT2D eigenvalue weighted by Gasteiger charge is -2.44. The number of piperidine rings is 1. The first-order chi connectivity index (χ1) is 21.7. The van der Waals surface area contributed by atoms with Crippen LogP contribution in [-0.2, 0) is 21.6 Å². The molecule has 0 aliphatic carbocycles. The molecule has 11 heteroatoms. The average Bonchev–Trinajstić information content (AvgIpc) is 3.07. The largest absolute Gasteiger partial charge is 0.493 e. The summed E-state index contributed by atoms with van der Waals surface area (Å²) in [6, 6.07) is 17.1. The van der Waals surface area contributed by atoms with E-state index in [4.69, 9.17) is 47.9 Å². The molecule has 1 atom stereocenters. The van der Waals surface area contributed by atoms with Crippen molar-refractivity contribution in [3.8, 4) is 17.2 Å². The number of carbonyl (C=O) groups excluding carboxylic acids is 2. The SMILES string of the molecule is COc1cc(C(=O)N2CCOC(CCc3ccccc3N3CCC(C(N)=O)CC3)(c3ccc(Cl)c(Cl)c3)C2)cc(OC)c1OC. The van der Waals surface area contributed by atoms with Crippen molar-refractivity contribution in [1.29, 1.82) is 0 Å². The first-order valence-electron chi connectivity index (χ1n) is 15.0. The monoisotopic (exact) mass is 655 g/mol. The lowest BCUT2D eigenvalue weighted by Crippen LogP contribution is -2.52. The molecule has 2 N–H and O–H groups in total. The number of anilines is 1. The molecule has 3 aromatic rings. The summed E-state index contributed by atoms with van der Waals surface area (Å²) in [4.78, 5) is 29.9. The smallest absolute Gasteiger partial charge is 0.254 e.